The number of nitrogens with zero attached hydrogens (tertiary/aromatic N) is 1. The van der Waals surface area contributed by atoms with Gasteiger partial charge in [-0.25, -0.2) is 4.98 Å². The monoisotopic (exact) mass is 272 g/mol. The number of aryl methyl sites for hydroxylation is 3. The van der Waals surface area contributed by atoms with Crippen LogP contribution in [0, 0.1) is 13.8 Å². The Morgan fingerprint density at radius 1 is 0.950 bits per heavy atom. The van der Waals surface area contributed by atoms with Gasteiger partial charge in [-0.2, -0.15) is 0 Å². The van der Waals surface area contributed by atoms with E-state index in [1.807, 2.05) is 0 Å². The maximum Gasteiger partial charge on any atom is 0.107 e. The fraction of sp³-hybridized carbons (Fsp3) is 0.611. The largest absolute Gasteiger partial charge is 0.342 e. The van der Waals surface area contributed by atoms with Crippen LogP contribution in [0.15, 0.2) is 12.1 Å². The topological polar surface area (TPSA) is 28.7 Å². The number of H-pyrrole nitrogens is 1. The molecule has 0 radical (unpaired) electrons. The molecule has 20 heavy (non-hydrogen) atoms. The average molecular weight is 272 g/mol. The molecule has 2 nitrogen and oxygen atoms in total. The molecule has 0 unspecified atom stereocenters. The molecule has 2 rings (SSSR count). The second-order valence-electron chi connectivity index (χ2n) is 6.03. The van der Waals surface area contributed by atoms with Gasteiger partial charge < -0.3 is 4.98 Å². The molecule has 0 saturated heterocycles. The van der Waals surface area contributed by atoms with Gasteiger partial charge in [0, 0.05) is 6.42 Å². The van der Waals surface area contributed by atoms with E-state index in [0.717, 1.165) is 17.8 Å². The minimum Gasteiger partial charge on any atom is -0.342 e. The SMILES string of the molecule is CCCCCCCCCc1nc2c(C)cc(C)cc2[nH]1. The molecule has 0 aliphatic heterocycles. The first-order valence-corrected chi connectivity index (χ1v) is 8.16. The van der Waals surface area contributed by atoms with Gasteiger partial charge in [0.1, 0.15) is 5.82 Å². The summed E-state index contributed by atoms with van der Waals surface area (Å²) in [6, 6.07) is 4.41. The first-order chi connectivity index (χ1) is 9.70. The number of rotatable bonds is 8. The van der Waals surface area contributed by atoms with E-state index in [2.05, 4.69) is 37.9 Å². The van der Waals surface area contributed by atoms with Gasteiger partial charge >= 0.3 is 0 Å². The van der Waals surface area contributed by atoms with Crippen molar-refractivity contribution in [1.29, 1.82) is 0 Å². The van der Waals surface area contributed by atoms with Crippen molar-refractivity contribution in [3.05, 3.63) is 29.1 Å². The summed E-state index contributed by atoms with van der Waals surface area (Å²) in [5.41, 5.74) is 4.93. The number of aromatic amines is 1. The van der Waals surface area contributed by atoms with E-state index in [1.165, 1.54) is 61.6 Å². The van der Waals surface area contributed by atoms with Crippen LogP contribution >= 0.6 is 0 Å². The molecule has 0 bridgehead atoms. The zero-order valence-corrected chi connectivity index (χ0v) is 13.3. The molecule has 0 aliphatic rings. The van der Waals surface area contributed by atoms with Crippen LogP contribution in [0.3, 0.4) is 0 Å². The Morgan fingerprint density at radius 2 is 1.65 bits per heavy atom. The van der Waals surface area contributed by atoms with E-state index >= 15 is 0 Å². The van der Waals surface area contributed by atoms with Crippen molar-refractivity contribution in [2.45, 2.75) is 72.1 Å². The van der Waals surface area contributed by atoms with Gasteiger partial charge in [-0.15, -0.1) is 0 Å². The Bertz CT molecular complexity index is 540. The molecule has 0 atom stereocenters. The fourth-order valence-corrected chi connectivity index (χ4v) is 2.89. The van der Waals surface area contributed by atoms with Gasteiger partial charge in [0.15, 0.2) is 0 Å². The molecule has 2 aromatic rings. The number of hydrogen-bond acceptors (Lipinski definition) is 1. The number of aromatic nitrogens is 2. The molecule has 1 aromatic carbocycles. The van der Waals surface area contributed by atoms with E-state index in [0.29, 0.717) is 0 Å². The summed E-state index contributed by atoms with van der Waals surface area (Å²) in [6.45, 7) is 6.56. The summed E-state index contributed by atoms with van der Waals surface area (Å²) in [6.07, 6.45) is 10.6. The van der Waals surface area contributed by atoms with Gasteiger partial charge in [0.25, 0.3) is 0 Å². The second-order valence-corrected chi connectivity index (χ2v) is 6.03. The molecule has 1 heterocycles. The molecular weight excluding hydrogens is 244 g/mol. The third-order valence-electron chi connectivity index (χ3n) is 3.99. The van der Waals surface area contributed by atoms with E-state index in [9.17, 15) is 0 Å². The van der Waals surface area contributed by atoms with Crippen molar-refractivity contribution >= 4 is 11.0 Å². The second kappa shape index (κ2) is 7.47. The molecule has 0 fully saturated rings. The van der Waals surface area contributed by atoms with Gasteiger partial charge in [-0.3, -0.25) is 0 Å². The summed E-state index contributed by atoms with van der Waals surface area (Å²) in [5, 5.41) is 0. The van der Waals surface area contributed by atoms with Crippen LogP contribution in [-0.4, -0.2) is 9.97 Å². The Kier molecular flexibility index (Phi) is 5.63. The van der Waals surface area contributed by atoms with Crippen molar-refractivity contribution in [2.75, 3.05) is 0 Å². The summed E-state index contributed by atoms with van der Waals surface area (Å²) < 4.78 is 0. The van der Waals surface area contributed by atoms with Crippen molar-refractivity contribution in [1.82, 2.24) is 9.97 Å². The van der Waals surface area contributed by atoms with Crippen LogP contribution in [0.4, 0.5) is 0 Å². The van der Waals surface area contributed by atoms with Crippen molar-refractivity contribution in [3.63, 3.8) is 0 Å². The van der Waals surface area contributed by atoms with Crippen LogP contribution in [-0.2, 0) is 6.42 Å². The smallest absolute Gasteiger partial charge is 0.107 e. The predicted molar refractivity (Wildman–Crippen MR) is 87.3 cm³/mol. The van der Waals surface area contributed by atoms with Crippen molar-refractivity contribution in [2.24, 2.45) is 0 Å². The predicted octanol–water partition coefficient (Wildman–Crippen LogP) is 5.47. The third kappa shape index (κ3) is 4.09. The minimum atomic E-state index is 1.08. The number of imidazole rings is 1. The molecule has 0 amide bonds. The maximum absolute atomic E-state index is 4.75. The third-order valence-corrected chi connectivity index (χ3v) is 3.99. The Morgan fingerprint density at radius 3 is 2.40 bits per heavy atom. The lowest BCUT2D eigenvalue weighted by molar-refractivity contribution is 0.585. The highest BCUT2D eigenvalue weighted by molar-refractivity contribution is 5.79. The van der Waals surface area contributed by atoms with Crippen LogP contribution in [0.2, 0.25) is 0 Å². The van der Waals surface area contributed by atoms with E-state index in [-0.39, 0.29) is 0 Å². The normalized spacial score (nSPS) is 11.3. The highest BCUT2D eigenvalue weighted by atomic mass is 14.9. The molecular formula is C18H28N2. The zero-order valence-electron chi connectivity index (χ0n) is 13.3. The number of unbranched alkanes of at least 4 members (excludes halogenated alkanes) is 6. The van der Waals surface area contributed by atoms with E-state index in [4.69, 9.17) is 4.98 Å². The Hall–Kier alpha value is -1.31. The lowest BCUT2D eigenvalue weighted by Gasteiger charge is -1.99. The van der Waals surface area contributed by atoms with Gasteiger partial charge in [0.05, 0.1) is 11.0 Å². The summed E-state index contributed by atoms with van der Waals surface area (Å²) in [5.74, 6) is 1.15. The van der Waals surface area contributed by atoms with E-state index in [1.54, 1.807) is 0 Å². The first-order valence-electron chi connectivity index (χ1n) is 8.16. The standard InChI is InChI=1S/C18H28N2/c1-4-5-6-7-8-9-10-11-17-19-16-13-14(2)12-15(3)18(16)20-17/h12-13H,4-11H2,1-3H3,(H,19,20). The molecule has 1 aromatic heterocycles. The average Bonchev–Trinajstić information content (AvgIpc) is 2.81. The highest BCUT2D eigenvalue weighted by Crippen LogP contribution is 2.19. The van der Waals surface area contributed by atoms with Crippen molar-refractivity contribution < 1.29 is 0 Å². The quantitative estimate of drug-likeness (QED) is 0.634. The molecule has 0 aliphatic carbocycles. The van der Waals surface area contributed by atoms with Gasteiger partial charge in [-0.05, 0) is 37.5 Å². The maximum atomic E-state index is 4.75. The Labute approximate surface area is 123 Å². The lowest BCUT2D eigenvalue weighted by atomic mass is 10.1. The lowest BCUT2D eigenvalue weighted by Crippen LogP contribution is -1.88. The fourth-order valence-electron chi connectivity index (χ4n) is 2.89. The minimum absolute atomic E-state index is 1.08. The number of fused-ring (bicyclic) bond motifs is 1. The summed E-state index contributed by atoms with van der Waals surface area (Å²) in [7, 11) is 0. The van der Waals surface area contributed by atoms with Crippen LogP contribution in [0.1, 0.15) is 68.8 Å². The molecule has 2 heteroatoms. The summed E-state index contributed by atoms with van der Waals surface area (Å²) in [4.78, 5) is 8.22. The number of hydrogen-bond donors (Lipinski definition) is 1. The van der Waals surface area contributed by atoms with Crippen molar-refractivity contribution in [3.8, 4) is 0 Å². The zero-order chi connectivity index (χ0) is 14.4. The van der Waals surface area contributed by atoms with Crippen LogP contribution in [0.5, 0.6) is 0 Å². The molecule has 0 saturated carbocycles. The molecule has 0 spiro atoms. The number of nitrogens with one attached hydrogen (secondary N) is 1. The van der Waals surface area contributed by atoms with E-state index < -0.39 is 0 Å². The first kappa shape index (κ1) is 15.1. The van der Waals surface area contributed by atoms with Crippen LogP contribution < -0.4 is 0 Å². The Balaban J connectivity index is 1.80. The highest BCUT2D eigenvalue weighted by Gasteiger charge is 2.05. The number of benzene rings is 1. The van der Waals surface area contributed by atoms with Crippen LogP contribution in [0.25, 0.3) is 11.0 Å². The van der Waals surface area contributed by atoms with Gasteiger partial charge in [-0.1, -0.05) is 51.5 Å². The molecule has 1 N–H and O–H groups in total. The van der Waals surface area contributed by atoms with Gasteiger partial charge in [0.2, 0.25) is 0 Å². The molecule has 110 valence electrons. The summed E-state index contributed by atoms with van der Waals surface area (Å²) >= 11 is 0.